The van der Waals surface area contributed by atoms with Gasteiger partial charge in [0.15, 0.2) is 0 Å². The molecule has 3 amide bonds. The minimum absolute atomic E-state index is 0.136. The number of amides is 3. The highest BCUT2D eigenvalue weighted by atomic mass is 16.6. The SMILES string of the molecule is CNC(=O)c1cccc(CNC(=O)Cc2ccc(NC(=O)OC(C)(C)C)cc2)c1. The van der Waals surface area contributed by atoms with Gasteiger partial charge in [0.05, 0.1) is 6.42 Å². The summed E-state index contributed by atoms with van der Waals surface area (Å²) in [5, 5.41) is 8.07. The van der Waals surface area contributed by atoms with E-state index >= 15 is 0 Å². The van der Waals surface area contributed by atoms with Gasteiger partial charge in [0.25, 0.3) is 5.91 Å². The molecule has 0 bridgehead atoms. The minimum atomic E-state index is -0.567. The number of hydrogen-bond donors (Lipinski definition) is 3. The standard InChI is InChI=1S/C22H27N3O4/c1-22(2,3)29-21(28)25-18-10-8-15(9-11-18)13-19(26)24-14-16-6-5-7-17(12-16)20(27)23-4/h5-12H,13-14H2,1-4H3,(H,23,27)(H,24,26)(H,25,28). The van der Waals surface area contributed by atoms with Crippen molar-refractivity contribution in [3.05, 3.63) is 65.2 Å². The Bertz CT molecular complexity index is 870. The zero-order valence-corrected chi connectivity index (χ0v) is 17.2. The van der Waals surface area contributed by atoms with Gasteiger partial charge >= 0.3 is 6.09 Å². The highest BCUT2D eigenvalue weighted by molar-refractivity contribution is 5.94. The highest BCUT2D eigenvalue weighted by Gasteiger charge is 2.16. The molecule has 0 aliphatic heterocycles. The van der Waals surface area contributed by atoms with Crippen molar-refractivity contribution in [2.75, 3.05) is 12.4 Å². The fraction of sp³-hybridized carbons (Fsp3) is 0.318. The highest BCUT2D eigenvalue weighted by Crippen LogP contribution is 2.13. The molecule has 0 atom stereocenters. The Hall–Kier alpha value is -3.35. The van der Waals surface area contributed by atoms with Crippen molar-refractivity contribution in [1.29, 1.82) is 0 Å². The van der Waals surface area contributed by atoms with Crippen molar-refractivity contribution in [3.8, 4) is 0 Å². The average Bonchev–Trinajstić information content (AvgIpc) is 2.66. The van der Waals surface area contributed by atoms with Gasteiger partial charge in [-0.2, -0.15) is 0 Å². The molecule has 0 unspecified atom stereocenters. The van der Waals surface area contributed by atoms with Crippen molar-refractivity contribution in [2.24, 2.45) is 0 Å². The van der Waals surface area contributed by atoms with Crippen LogP contribution in [0.5, 0.6) is 0 Å². The Balaban J connectivity index is 1.85. The number of anilines is 1. The Morgan fingerprint density at radius 3 is 2.28 bits per heavy atom. The third kappa shape index (κ3) is 7.65. The fourth-order valence-corrected chi connectivity index (χ4v) is 2.54. The van der Waals surface area contributed by atoms with E-state index < -0.39 is 11.7 Å². The van der Waals surface area contributed by atoms with Gasteiger partial charge in [-0.15, -0.1) is 0 Å². The van der Waals surface area contributed by atoms with Crippen molar-refractivity contribution in [2.45, 2.75) is 39.3 Å². The van der Waals surface area contributed by atoms with Crippen LogP contribution in [0.1, 0.15) is 42.3 Å². The van der Waals surface area contributed by atoms with Crippen LogP contribution in [0.4, 0.5) is 10.5 Å². The van der Waals surface area contributed by atoms with E-state index in [0.29, 0.717) is 17.8 Å². The largest absolute Gasteiger partial charge is 0.444 e. The summed E-state index contributed by atoms with van der Waals surface area (Å²) in [6, 6.07) is 14.1. The number of carbonyl (C=O) groups is 3. The summed E-state index contributed by atoms with van der Waals surface area (Å²) in [5.41, 5.74) is 2.23. The lowest BCUT2D eigenvalue weighted by atomic mass is 10.1. The summed E-state index contributed by atoms with van der Waals surface area (Å²) in [4.78, 5) is 35.6. The van der Waals surface area contributed by atoms with Crippen molar-refractivity contribution in [3.63, 3.8) is 0 Å². The van der Waals surface area contributed by atoms with E-state index in [4.69, 9.17) is 4.74 Å². The van der Waals surface area contributed by atoms with Gasteiger partial charge in [-0.1, -0.05) is 24.3 Å². The molecule has 0 heterocycles. The smallest absolute Gasteiger partial charge is 0.412 e. The summed E-state index contributed by atoms with van der Waals surface area (Å²) in [5.74, 6) is -0.304. The summed E-state index contributed by atoms with van der Waals surface area (Å²) >= 11 is 0. The van der Waals surface area contributed by atoms with Gasteiger partial charge < -0.3 is 15.4 Å². The number of rotatable bonds is 6. The second kappa shape index (κ2) is 9.73. The Kier molecular flexibility index (Phi) is 7.36. The second-order valence-electron chi connectivity index (χ2n) is 7.56. The van der Waals surface area contributed by atoms with Gasteiger partial charge in [-0.3, -0.25) is 14.9 Å². The molecule has 2 rings (SSSR count). The third-order valence-corrected chi connectivity index (χ3v) is 3.87. The van der Waals surface area contributed by atoms with Crippen molar-refractivity contribution in [1.82, 2.24) is 10.6 Å². The Labute approximate surface area is 170 Å². The summed E-state index contributed by atoms with van der Waals surface area (Å²) in [6.45, 7) is 5.72. The molecular formula is C22H27N3O4. The Morgan fingerprint density at radius 1 is 0.966 bits per heavy atom. The molecule has 3 N–H and O–H groups in total. The zero-order valence-electron chi connectivity index (χ0n) is 17.2. The molecule has 0 fully saturated rings. The van der Waals surface area contributed by atoms with E-state index in [2.05, 4.69) is 16.0 Å². The molecule has 0 aliphatic carbocycles. The first-order valence-electron chi connectivity index (χ1n) is 9.33. The molecule has 0 aromatic heterocycles. The maximum Gasteiger partial charge on any atom is 0.412 e. The average molecular weight is 397 g/mol. The molecule has 29 heavy (non-hydrogen) atoms. The van der Waals surface area contributed by atoms with Gasteiger partial charge in [0.2, 0.25) is 5.91 Å². The van der Waals surface area contributed by atoms with Crippen molar-refractivity contribution < 1.29 is 19.1 Å². The van der Waals surface area contributed by atoms with Crippen LogP contribution in [-0.2, 0) is 22.5 Å². The summed E-state index contributed by atoms with van der Waals surface area (Å²) < 4.78 is 5.20. The zero-order chi connectivity index (χ0) is 21.4. The number of carbonyl (C=O) groups excluding carboxylic acids is 3. The number of ether oxygens (including phenoxy) is 1. The van der Waals surface area contributed by atoms with Crippen LogP contribution >= 0.6 is 0 Å². The predicted molar refractivity (Wildman–Crippen MR) is 112 cm³/mol. The van der Waals surface area contributed by atoms with Crippen LogP contribution in [0.3, 0.4) is 0 Å². The van der Waals surface area contributed by atoms with Crippen LogP contribution in [0.2, 0.25) is 0 Å². The number of nitrogens with one attached hydrogen (secondary N) is 3. The van der Waals surface area contributed by atoms with E-state index in [1.54, 1.807) is 70.3 Å². The molecule has 0 saturated carbocycles. The molecule has 154 valence electrons. The molecule has 0 saturated heterocycles. The lowest BCUT2D eigenvalue weighted by Gasteiger charge is -2.19. The van der Waals surface area contributed by atoms with E-state index in [9.17, 15) is 14.4 Å². The number of hydrogen-bond acceptors (Lipinski definition) is 4. The first kappa shape index (κ1) is 21.9. The van der Waals surface area contributed by atoms with E-state index in [1.165, 1.54) is 0 Å². The quantitative estimate of drug-likeness (QED) is 0.697. The maximum atomic E-state index is 12.2. The third-order valence-electron chi connectivity index (χ3n) is 3.87. The van der Waals surface area contributed by atoms with Crippen LogP contribution in [-0.4, -0.2) is 30.6 Å². The lowest BCUT2D eigenvalue weighted by Crippen LogP contribution is -2.27. The Morgan fingerprint density at radius 2 is 1.66 bits per heavy atom. The minimum Gasteiger partial charge on any atom is -0.444 e. The van der Waals surface area contributed by atoms with Crippen molar-refractivity contribution >= 4 is 23.6 Å². The lowest BCUT2D eigenvalue weighted by molar-refractivity contribution is -0.120. The first-order valence-corrected chi connectivity index (χ1v) is 9.33. The molecule has 0 spiro atoms. The normalized spacial score (nSPS) is 10.8. The molecule has 7 heteroatoms. The van der Waals surface area contributed by atoms with Crippen LogP contribution in [0.25, 0.3) is 0 Å². The number of benzene rings is 2. The van der Waals surface area contributed by atoms with Gasteiger partial charge in [-0.05, 0) is 56.2 Å². The van der Waals surface area contributed by atoms with E-state index in [1.807, 2.05) is 6.07 Å². The van der Waals surface area contributed by atoms with Gasteiger partial charge in [-0.25, -0.2) is 4.79 Å². The van der Waals surface area contributed by atoms with Crippen LogP contribution in [0.15, 0.2) is 48.5 Å². The van der Waals surface area contributed by atoms with E-state index in [0.717, 1.165) is 11.1 Å². The fourth-order valence-electron chi connectivity index (χ4n) is 2.54. The summed E-state index contributed by atoms with van der Waals surface area (Å²) in [6.07, 6.45) is -0.316. The predicted octanol–water partition coefficient (Wildman–Crippen LogP) is 3.25. The van der Waals surface area contributed by atoms with Gasteiger partial charge in [0, 0.05) is 24.8 Å². The molecule has 0 radical (unpaired) electrons. The maximum absolute atomic E-state index is 12.2. The molecule has 7 nitrogen and oxygen atoms in total. The first-order chi connectivity index (χ1) is 13.7. The second-order valence-corrected chi connectivity index (χ2v) is 7.56. The molecule has 2 aromatic carbocycles. The molecule has 2 aromatic rings. The van der Waals surface area contributed by atoms with E-state index in [-0.39, 0.29) is 18.2 Å². The van der Waals surface area contributed by atoms with Gasteiger partial charge in [0.1, 0.15) is 5.60 Å². The molecule has 0 aliphatic rings. The van der Waals surface area contributed by atoms with Crippen LogP contribution in [0, 0.1) is 0 Å². The van der Waals surface area contributed by atoms with Crippen LogP contribution < -0.4 is 16.0 Å². The monoisotopic (exact) mass is 397 g/mol. The summed E-state index contributed by atoms with van der Waals surface area (Å²) in [7, 11) is 1.57. The topological polar surface area (TPSA) is 96.5 Å². The molecular weight excluding hydrogens is 370 g/mol.